The summed E-state index contributed by atoms with van der Waals surface area (Å²) in [5.41, 5.74) is 16.3. The van der Waals surface area contributed by atoms with Crippen molar-refractivity contribution in [3.05, 3.63) is 181 Å². The third kappa shape index (κ3) is 5.08. The summed E-state index contributed by atoms with van der Waals surface area (Å²) in [6.45, 7) is 4.72. The van der Waals surface area contributed by atoms with Gasteiger partial charge in [-0.15, -0.1) is 0 Å². The Labute approximate surface area is 272 Å². The van der Waals surface area contributed by atoms with Crippen LogP contribution in [0.15, 0.2) is 164 Å². The van der Waals surface area contributed by atoms with Gasteiger partial charge in [0.2, 0.25) is 0 Å². The maximum Gasteiger partial charge on any atom is 0.0463 e. The fourth-order valence-corrected chi connectivity index (χ4v) is 7.22. The van der Waals surface area contributed by atoms with Gasteiger partial charge in [-0.1, -0.05) is 153 Å². The predicted octanol–water partition coefficient (Wildman–Crippen LogP) is 12.3. The lowest BCUT2D eigenvalue weighted by Crippen LogP contribution is -2.15. The molecule has 0 amide bonds. The molecule has 2 aliphatic carbocycles. The van der Waals surface area contributed by atoms with Crippen LogP contribution >= 0.6 is 0 Å². The molecule has 0 fully saturated rings. The quantitative estimate of drug-likeness (QED) is 0.203. The van der Waals surface area contributed by atoms with Crippen molar-refractivity contribution in [3.63, 3.8) is 0 Å². The van der Waals surface area contributed by atoms with Crippen LogP contribution in [0.4, 0.5) is 11.4 Å². The van der Waals surface area contributed by atoms with Gasteiger partial charge in [0.15, 0.2) is 0 Å². The first-order chi connectivity index (χ1) is 22.5. The Morgan fingerprint density at radius 1 is 0.522 bits per heavy atom. The van der Waals surface area contributed by atoms with Crippen LogP contribution in [0.1, 0.15) is 42.9 Å². The standard InChI is InChI=1S/C45H37N/c1-45(2)42-29-37(35-19-17-33(18-20-35)31-11-5-3-6-12-31)25-27-40(42)41-28-26-38(30-43(41)45)46-44-16-10-9-15-39(44)36-23-21-34(22-24-36)32-13-7-4-8-14-32/h3-11,13-31,46H,12H2,1-2H3. The lowest BCUT2D eigenvalue weighted by molar-refractivity contribution is 0.661. The van der Waals surface area contributed by atoms with E-state index >= 15 is 0 Å². The topological polar surface area (TPSA) is 12.0 Å². The molecule has 0 aromatic heterocycles. The zero-order valence-electron chi connectivity index (χ0n) is 26.4. The molecule has 8 rings (SSSR count). The van der Waals surface area contributed by atoms with Gasteiger partial charge in [-0.05, 0) is 86.3 Å². The van der Waals surface area contributed by atoms with Crippen LogP contribution in [0.5, 0.6) is 0 Å². The lowest BCUT2D eigenvalue weighted by Gasteiger charge is -2.23. The van der Waals surface area contributed by atoms with E-state index < -0.39 is 0 Å². The van der Waals surface area contributed by atoms with Gasteiger partial charge in [0, 0.05) is 28.3 Å². The summed E-state index contributed by atoms with van der Waals surface area (Å²) in [5.74, 6) is 0.475. The molecule has 2 aliphatic rings. The monoisotopic (exact) mass is 591 g/mol. The highest BCUT2D eigenvalue weighted by Gasteiger charge is 2.35. The van der Waals surface area contributed by atoms with Gasteiger partial charge in [0.1, 0.15) is 0 Å². The van der Waals surface area contributed by atoms with Crippen LogP contribution in [0.2, 0.25) is 0 Å². The third-order valence-corrected chi connectivity index (χ3v) is 9.84. The summed E-state index contributed by atoms with van der Waals surface area (Å²) in [6, 6.07) is 51.1. The number of fused-ring (bicyclic) bond motifs is 3. The zero-order chi connectivity index (χ0) is 31.1. The van der Waals surface area contributed by atoms with Crippen LogP contribution in [-0.2, 0) is 5.41 Å². The molecule has 6 aromatic carbocycles. The van der Waals surface area contributed by atoms with E-state index in [1.54, 1.807) is 0 Å². The van der Waals surface area contributed by atoms with Crippen molar-refractivity contribution in [2.24, 2.45) is 0 Å². The zero-order valence-corrected chi connectivity index (χ0v) is 26.4. The van der Waals surface area contributed by atoms with E-state index in [-0.39, 0.29) is 5.41 Å². The van der Waals surface area contributed by atoms with Crippen LogP contribution in [0.25, 0.3) is 44.5 Å². The molecule has 222 valence electrons. The average Bonchev–Trinajstić information content (AvgIpc) is 3.34. The number of allylic oxidation sites excluding steroid dienone is 4. The molecule has 46 heavy (non-hydrogen) atoms. The summed E-state index contributed by atoms with van der Waals surface area (Å²) in [5, 5.41) is 3.77. The molecule has 0 bridgehead atoms. The molecule has 1 N–H and O–H groups in total. The molecule has 1 unspecified atom stereocenters. The van der Waals surface area contributed by atoms with Crippen LogP contribution in [-0.4, -0.2) is 0 Å². The van der Waals surface area contributed by atoms with Gasteiger partial charge in [-0.2, -0.15) is 0 Å². The number of benzene rings is 6. The van der Waals surface area contributed by atoms with Crippen molar-refractivity contribution in [3.8, 4) is 44.5 Å². The minimum Gasteiger partial charge on any atom is -0.355 e. The van der Waals surface area contributed by atoms with Crippen molar-refractivity contribution in [1.82, 2.24) is 0 Å². The first-order valence-electron chi connectivity index (χ1n) is 16.3. The average molecular weight is 592 g/mol. The second kappa shape index (κ2) is 11.5. The first kappa shape index (κ1) is 28.1. The molecule has 0 saturated carbocycles. The summed E-state index contributed by atoms with van der Waals surface area (Å²) in [7, 11) is 0. The molecular weight excluding hydrogens is 555 g/mol. The molecule has 0 radical (unpaired) electrons. The third-order valence-electron chi connectivity index (χ3n) is 9.84. The molecule has 0 heterocycles. The molecule has 1 heteroatoms. The van der Waals surface area contributed by atoms with Crippen molar-refractivity contribution in [2.45, 2.75) is 31.6 Å². The first-order valence-corrected chi connectivity index (χ1v) is 16.3. The predicted molar refractivity (Wildman–Crippen MR) is 196 cm³/mol. The molecule has 1 atom stereocenters. The Morgan fingerprint density at radius 2 is 1.13 bits per heavy atom. The van der Waals surface area contributed by atoms with E-state index in [1.807, 2.05) is 0 Å². The van der Waals surface area contributed by atoms with Gasteiger partial charge in [0.25, 0.3) is 0 Å². The van der Waals surface area contributed by atoms with E-state index in [0.717, 1.165) is 17.8 Å². The molecule has 6 aromatic rings. The van der Waals surface area contributed by atoms with E-state index in [2.05, 4.69) is 183 Å². The highest BCUT2D eigenvalue weighted by Crippen LogP contribution is 2.50. The van der Waals surface area contributed by atoms with E-state index in [0.29, 0.717) is 5.92 Å². The second-order valence-corrected chi connectivity index (χ2v) is 13.0. The van der Waals surface area contributed by atoms with Crippen LogP contribution in [0, 0.1) is 0 Å². The van der Waals surface area contributed by atoms with Gasteiger partial charge < -0.3 is 5.32 Å². The van der Waals surface area contributed by atoms with Gasteiger partial charge in [-0.25, -0.2) is 0 Å². The van der Waals surface area contributed by atoms with Crippen molar-refractivity contribution in [1.29, 1.82) is 0 Å². The molecule has 1 nitrogen and oxygen atoms in total. The second-order valence-electron chi connectivity index (χ2n) is 13.0. The van der Waals surface area contributed by atoms with Gasteiger partial charge in [-0.3, -0.25) is 0 Å². The van der Waals surface area contributed by atoms with E-state index in [1.165, 1.54) is 61.2 Å². The minimum atomic E-state index is -0.107. The summed E-state index contributed by atoms with van der Waals surface area (Å²) in [4.78, 5) is 0. The number of hydrogen-bond donors (Lipinski definition) is 1. The van der Waals surface area contributed by atoms with Crippen molar-refractivity contribution in [2.75, 3.05) is 5.32 Å². The fraction of sp³-hybridized carbons (Fsp3) is 0.111. The van der Waals surface area contributed by atoms with Crippen molar-refractivity contribution < 1.29 is 0 Å². The maximum atomic E-state index is 3.77. The number of hydrogen-bond acceptors (Lipinski definition) is 1. The SMILES string of the molecule is CC1(C)c2cc(Nc3ccccc3-c3ccc(-c4ccccc4)cc3)ccc2-c2ccc(-c3ccc(C4C=CC=CC4)cc3)cc21. The lowest BCUT2D eigenvalue weighted by atomic mass is 9.81. The maximum absolute atomic E-state index is 3.77. The minimum absolute atomic E-state index is 0.107. The highest BCUT2D eigenvalue weighted by molar-refractivity contribution is 5.87. The van der Waals surface area contributed by atoms with E-state index in [4.69, 9.17) is 0 Å². The molecule has 0 aliphatic heterocycles. The molecule has 0 saturated heterocycles. The summed E-state index contributed by atoms with van der Waals surface area (Å²) >= 11 is 0. The van der Waals surface area contributed by atoms with Crippen molar-refractivity contribution >= 4 is 11.4 Å². The Kier molecular flexibility index (Phi) is 7.03. The Hall–Kier alpha value is -5.40. The fourth-order valence-electron chi connectivity index (χ4n) is 7.22. The van der Waals surface area contributed by atoms with Gasteiger partial charge >= 0.3 is 0 Å². The number of anilines is 2. The number of nitrogens with one attached hydrogen (secondary N) is 1. The normalized spacial score (nSPS) is 15.7. The summed E-state index contributed by atoms with van der Waals surface area (Å²) in [6.07, 6.45) is 9.93. The van der Waals surface area contributed by atoms with E-state index in [9.17, 15) is 0 Å². The Bertz CT molecular complexity index is 2090. The Balaban J connectivity index is 1.06. The smallest absolute Gasteiger partial charge is 0.0463 e. The highest BCUT2D eigenvalue weighted by atomic mass is 14.9. The van der Waals surface area contributed by atoms with Gasteiger partial charge in [0.05, 0.1) is 0 Å². The molecule has 0 spiro atoms. The molecular formula is C45H37N. The summed E-state index contributed by atoms with van der Waals surface area (Å²) < 4.78 is 0. The van der Waals surface area contributed by atoms with Crippen LogP contribution < -0.4 is 5.32 Å². The number of rotatable bonds is 6. The Morgan fingerprint density at radius 3 is 1.89 bits per heavy atom. The largest absolute Gasteiger partial charge is 0.355 e. The number of para-hydroxylation sites is 1. The van der Waals surface area contributed by atoms with Crippen LogP contribution in [0.3, 0.4) is 0 Å².